The van der Waals surface area contributed by atoms with Crippen LogP contribution in [0.25, 0.3) is 0 Å². The lowest BCUT2D eigenvalue weighted by molar-refractivity contribution is 0.0701. The van der Waals surface area contributed by atoms with E-state index in [0.717, 1.165) is 43.9 Å². The van der Waals surface area contributed by atoms with Gasteiger partial charge in [0, 0.05) is 24.4 Å². The van der Waals surface area contributed by atoms with Gasteiger partial charge in [-0.05, 0) is 26.2 Å². The predicted molar refractivity (Wildman–Crippen MR) is 82.7 cm³/mol. The number of aromatic nitrogens is 3. The predicted octanol–water partition coefficient (Wildman–Crippen LogP) is 2.76. The summed E-state index contributed by atoms with van der Waals surface area (Å²) in [5.41, 5.74) is 1.74. The normalized spacial score (nSPS) is 19.0. The second kappa shape index (κ2) is 5.97. The number of hydrogen-bond acceptors (Lipinski definition) is 4. The van der Waals surface area contributed by atoms with E-state index >= 15 is 0 Å². The molecule has 1 N–H and O–H groups in total. The molecule has 1 atom stereocenters. The SMILES string of the molecule is CCc1csc(C2CCCN(C(=O)c3cnc(C)[nH]3)C2)n1. The topological polar surface area (TPSA) is 61.9 Å². The van der Waals surface area contributed by atoms with E-state index in [1.54, 1.807) is 17.5 Å². The molecule has 1 amide bonds. The number of aromatic amines is 1. The molecule has 1 aliphatic heterocycles. The Hall–Kier alpha value is -1.69. The number of hydrogen-bond donors (Lipinski definition) is 1. The lowest BCUT2D eigenvalue weighted by Gasteiger charge is -2.31. The highest BCUT2D eigenvalue weighted by molar-refractivity contribution is 7.09. The highest BCUT2D eigenvalue weighted by atomic mass is 32.1. The third-order valence-corrected chi connectivity index (χ3v) is 4.98. The summed E-state index contributed by atoms with van der Waals surface area (Å²) in [5, 5.41) is 3.30. The van der Waals surface area contributed by atoms with Crippen LogP contribution in [0, 0.1) is 6.92 Å². The van der Waals surface area contributed by atoms with Gasteiger partial charge in [0.15, 0.2) is 0 Å². The molecule has 1 unspecified atom stereocenters. The molecular formula is C15H20N4OS. The fourth-order valence-electron chi connectivity index (χ4n) is 2.74. The molecule has 5 nitrogen and oxygen atoms in total. The summed E-state index contributed by atoms with van der Waals surface area (Å²) in [6, 6.07) is 0. The number of imidazole rings is 1. The summed E-state index contributed by atoms with van der Waals surface area (Å²) in [7, 11) is 0. The number of carbonyl (C=O) groups is 1. The maximum absolute atomic E-state index is 12.5. The van der Waals surface area contributed by atoms with Crippen molar-refractivity contribution in [3.05, 3.63) is 33.8 Å². The second-order valence-electron chi connectivity index (χ2n) is 5.50. The van der Waals surface area contributed by atoms with Crippen LogP contribution in [-0.4, -0.2) is 38.8 Å². The Kier molecular flexibility index (Phi) is 4.05. The molecule has 0 bridgehead atoms. The molecule has 0 saturated carbocycles. The third kappa shape index (κ3) is 3.00. The monoisotopic (exact) mass is 304 g/mol. The van der Waals surface area contributed by atoms with Gasteiger partial charge in [-0.25, -0.2) is 9.97 Å². The highest BCUT2D eigenvalue weighted by Gasteiger charge is 2.27. The van der Waals surface area contributed by atoms with E-state index in [9.17, 15) is 4.79 Å². The Morgan fingerprint density at radius 1 is 1.57 bits per heavy atom. The number of aryl methyl sites for hydroxylation is 2. The first-order chi connectivity index (χ1) is 10.2. The van der Waals surface area contributed by atoms with E-state index in [4.69, 9.17) is 0 Å². The van der Waals surface area contributed by atoms with Crippen LogP contribution in [-0.2, 0) is 6.42 Å². The first-order valence-corrected chi connectivity index (χ1v) is 8.30. The Labute approximate surface area is 128 Å². The van der Waals surface area contributed by atoms with E-state index in [0.29, 0.717) is 11.6 Å². The summed E-state index contributed by atoms with van der Waals surface area (Å²) in [4.78, 5) is 26.2. The van der Waals surface area contributed by atoms with E-state index in [1.807, 2.05) is 11.8 Å². The summed E-state index contributed by atoms with van der Waals surface area (Å²) < 4.78 is 0. The van der Waals surface area contributed by atoms with E-state index in [-0.39, 0.29) is 5.91 Å². The highest BCUT2D eigenvalue weighted by Crippen LogP contribution is 2.29. The molecule has 6 heteroatoms. The first kappa shape index (κ1) is 14.3. The number of H-pyrrole nitrogens is 1. The molecule has 3 heterocycles. The Morgan fingerprint density at radius 3 is 3.10 bits per heavy atom. The zero-order chi connectivity index (χ0) is 14.8. The quantitative estimate of drug-likeness (QED) is 0.948. The Morgan fingerprint density at radius 2 is 2.43 bits per heavy atom. The van der Waals surface area contributed by atoms with E-state index in [1.165, 1.54) is 5.01 Å². The van der Waals surface area contributed by atoms with Crippen LogP contribution in [0.5, 0.6) is 0 Å². The van der Waals surface area contributed by atoms with Crippen LogP contribution in [0.2, 0.25) is 0 Å². The van der Waals surface area contributed by atoms with Crippen LogP contribution in [0.15, 0.2) is 11.6 Å². The molecule has 3 rings (SSSR count). The lowest BCUT2D eigenvalue weighted by Crippen LogP contribution is -2.39. The van der Waals surface area contributed by atoms with Gasteiger partial charge in [-0.1, -0.05) is 6.92 Å². The van der Waals surface area contributed by atoms with Crippen LogP contribution in [0.1, 0.15) is 52.7 Å². The molecule has 2 aromatic heterocycles. The van der Waals surface area contributed by atoms with Crippen molar-refractivity contribution in [1.29, 1.82) is 0 Å². The van der Waals surface area contributed by atoms with Gasteiger partial charge in [-0.2, -0.15) is 0 Å². The van der Waals surface area contributed by atoms with Crippen molar-refractivity contribution >= 4 is 17.2 Å². The maximum atomic E-state index is 12.5. The van der Waals surface area contributed by atoms with Gasteiger partial charge in [0.05, 0.1) is 16.9 Å². The Balaban J connectivity index is 1.72. The number of piperidine rings is 1. The fraction of sp³-hybridized carbons (Fsp3) is 0.533. The first-order valence-electron chi connectivity index (χ1n) is 7.42. The summed E-state index contributed by atoms with van der Waals surface area (Å²) >= 11 is 1.73. The van der Waals surface area contributed by atoms with Gasteiger partial charge in [-0.3, -0.25) is 4.79 Å². The van der Waals surface area contributed by atoms with E-state index in [2.05, 4.69) is 27.3 Å². The molecule has 2 aromatic rings. The third-order valence-electron chi connectivity index (χ3n) is 3.92. The molecule has 0 aliphatic carbocycles. The lowest BCUT2D eigenvalue weighted by atomic mass is 9.98. The molecule has 1 aliphatic rings. The second-order valence-corrected chi connectivity index (χ2v) is 6.39. The number of thiazole rings is 1. The van der Waals surface area contributed by atoms with Gasteiger partial charge in [-0.15, -0.1) is 11.3 Å². The maximum Gasteiger partial charge on any atom is 0.271 e. The van der Waals surface area contributed by atoms with Crippen LogP contribution >= 0.6 is 11.3 Å². The summed E-state index contributed by atoms with van der Waals surface area (Å²) in [6.07, 6.45) is 4.74. The largest absolute Gasteiger partial charge is 0.338 e. The van der Waals surface area contributed by atoms with Crippen molar-refractivity contribution in [2.24, 2.45) is 0 Å². The van der Waals surface area contributed by atoms with Crippen molar-refractivity contribution in [3.63, 3.8) is 0 Å². The standard InChI is InChI=1S/C15H20N4OS/c1-3-12-9-21-14(18-12)11-5-4-6-19(8-11)15(20)13-7-16-10(2)17-13/h7,9,11H,3-6,8H2,1-2H3,(H,16,17). The van der Waals surface area contributed by atoms with Crippen LogP contribution in [0.4, 0.5) is 0 Å². The number of carbonyl (C=O) groups excluding carboxylic acids is 1. The van der Waals surface area contributed by atoms with Crippen molar-refractivity contribution in [3.8, 4) is 0 Å². The summed E-state index contributed by atoms with van der Waals surface area (Å²) in [6.45, 7) is 5.56. The average molecular weight is 304 g/mol. The van der Waals surface area contributed by atoms with E-state index < -0.39 is 0 Å². The minimum atomic E-state index is 0.0487. The average Bonchev–Trinajstić information content (AvgIpc) is 3.15. The number of amides is 1. The van der Waals surface area contributed by atoms with Crippen molar-refractivity contribution < 1.29 is 4.79 Å². The minimum absolute atomic E-state index is 0.0487. The van der Waals surface area contributed by atoms with Crippen LogP contribution in [0.3, 0.4) is 0 Å². The molecular weight excluding hydrogens is 284 g/mol. The van der Waals surface area contributed by atoms with Crippen molar-refractivity contribution in [2.45, 2.75) is 39.0 Å². The van der Waals surface area contributed by atoms with Gasteiger partial charge in [0.25, 0.3) is 5.91 Å². The zero-order valence-electron chi connectivity index (χ0n) is 12.4. The van der Waals surface area contributed by atoms with Crippen molar-refractivity contribution in [2.75, 3.05) is 13.1 Å². The smallest absolute Gasteiger partial charge is 0.271 e. The molecule has 0 radical (unpaired) electrons. The van der Waals surface area contributed by atoms with Gasteiger partial charge < -0.3 is 9.88 Å². The fourth-order valence-corrected chi connectivity index (χ4v) is 3.77. The minimum Gasteiger partial charge on any atom is -0.338 e. The molecule has 1 fully saturated rings. The number of likely N-dealkylation sites (tertiary alicyclic amines) is 1. The zero-order valence-corrected chi connectivity index (χ0v) is 13.2. The molecule has 0 spiro atoms. The number of nitrogens with one attached hydrogen (secondary N) is 1. The van der Waals surface area contributed by atoms with Gasteiger partial charge in [0.1, 0.15) is 11.5 Å². The van der Waals surface area contributed by atoms with Gasteiger partial charge in [0.2, 0.25) is 0 Å². The number of rotatable bonds is 3. The van der Waals surface area contributed by atoms with Gasteiger partial charge >= 0.3 is 0 Å². The number of nitrogens with zero attached hydrogens (tertiary/aromatic N) is 3. The molecule has 0 aromatic carbocycles. The molecule has 1 saturated heterocycles. The molecule has 112 valence electrons. The summed E-state index contributed by atoms with van der Waals surface area (Å²) in [5.74, 6) is 1.20. The Bertz CT molecular complexity index is 633. The van der Waals surface area contributed by atoms with Crippen molar-refractivity contribution in [1.82, 2.24) is 19.9 Å². The van der Waals surface area contributed by atoms with Crippen LogP contribution < -0.4 is 0 Å². The molecule has 21 heavy (non-hydrogen) atoms.